The number of aliphatic hydroxyl groups is 1. The third-order valence-corrected chi connectivity index (χ3v) is 14.0. The molecular formula is C53H54F4N8O7S2. The van der Waals surface area contributed by atoms with Crippen LogP contribution < -0.4 is 30.5 Å². The van der Waals surface area contributed by atoms with E-state index in [2.05, 4.69) is 20.9 Å². The van der Waals surface area contributed by atoms with Gasteiger partial charge in [-0.25, -0.2) is 9.37 Å². The number of aryl methyl sites for hydroxylation is 1. The largest absolute Gasteiger partial charge is 0.494 e. The van der Waals surface area contributed by atoms with Crippen LogP contribution in [0.3, 0.4) is 0 Å². The number of β-amino-alcohol motifs (C(OH)–C–C–N with tert-alkyl or cyclic N) is 1. The number of amides is 5. The molecule has 3 atom stereocenters. The van der Waals surface area contributed by atoms with Crippen LogP contribution in [0.1, 0.15) is 76.3 Å². The number of aliphatic hydroxyl groups excluding tert-OH is 1. The molecule has 1 aromatic heterocycles. The third-order valence-electron chi connectivity index (χ3n) is 12.7. The molecule has 2 fully saturated rings. The molecule has 21 heteroatoms. The Bertz CT molecular complexity index is 3010. The number of carbonyl (C=O) groups excluding carboxylic acids is 5. The Hall–Kier alpha value is -7.28. The van der Waals surface area contributed by atoms with Crippen molar-refractivity contribution in [3.8, 4) is 33.4 Å². The van der Waals surface area contributed by atoms with Gasteiger partial charge in [-0.3, -0.25) is 28.9 Å². The summed E-state index contributed by atoms with van der Waals surface area (Å²) in [5.74, 6) is -3.01. The van der Waals surface area contributed by atoms with E-state index in [9.17, 15) is 47.5 Å². The fourth-order valence-electron chi connectivity index (χ4n) is 8.72. The fourth-order valence-corrected chi connectivity index (χ4v) is 10.1. The van der Waals surface area contributed by atoms with E-state index in [0.717, 1.165) is 32.7 Å². The predicted molar refractivity (Wildman–Crippen MR) is 274 cm³/mol. The van der Waals surface area contributed by atoms with Gasteiger partial charge in [-0.15, -0.1) is 11.3 Å². The first-order valence-corrected chi connectivity index (χ1v) is 24.8. The number of benzene rings is 4. The van der Waals surface area contributed by atoms with Crippen molar-refractivity contribution < 1.29 is 51.4 Å². The summed E-state index contributed by atoms with van der Waals surface area (Å²) in [7, 11) is 0. The summed E-state index contributed by atoms with van der Waals surface area (Å²) in [5, 5.41) is 27.7. The highest BCUT2D eigenvalue weighted by molar-refractivity contribution is 7.81. The molecule has 3 heterocycles. The molecule has 74 heavy (non-hydrogen) atoms. The topological polar surface area (TPSA) is 197 Å². The second-order valence-corrected chi connectivity index (χ2v) is 20.7. The van der Waals surface area contributed by atoms with Crippen LogP contribution in [0, 0.1) is 29.5 Å². The van der Waals surface area contributed by atoms with Crippen LogP contribution in [-0.4, -0.2) is 93.1 Å². The van der Waals surface area contributed by atoms with Gasteiger partial charge in [-0.05, 0) is 110 Å². The summed E-state index contributed by atoms with van der Waals surface area (Å²) < 4.78 is 63.1. The molecule has 7 rings (SSSR count). The van der Waals surface area contributed by atoms with Crippen molar-refractivity contribution in [1.29, 1.82) is 5.26 Å². The number of carbonyl (C=O) groups is 5. The first-order chi connectivity index (χ1) is 34.9. The number of hydrogen-bond acceptors (Lipinski definition) is 11. The van der Waals surface area contributed by atoms with Crippen molar-refractivity contribution >= 4 is 69.6 Å². The summed E-state index contributed by atoms with van der Waals surface area (Å²) in [6, 6.07) is 20.9. The number of thiocarbonyl (C=S) groups is 1. The van der Waals surface area contributed by atoms with Crippen molar-refractivity contribution in [2.24, 2.45) is 5.41 Å². The molecule has 0 saturated carbocycles. The Balaban J connectivity index is 0.868. The van der Waals surface area contributed by atoms with E-state index in [1.807, 2.05) is 31.2 Å². The minimum atomic E-state index is -4.88. The average molecular weight is 1060 g/mol. The molecule has 0 aliphatic carbocycles. The molecule has 5 aromatic rings. The number of nitrogens with zero attached hydrogens (tertiary/aromatic N) is 5. The highest BCUT2D eigenvalue weighted by atomic mass is 32.1. The minimum Gasteiger partial charge on any atom is -0.494 e. The zero-order chi connectivity index (χ0) is 53.9. The van der Waals surface area contributed by atoms with Gasteiger partial charge in [0.25, 0.3) is 5.91 Å². The van der Waals surface area contributed by atoms with Gasteiger partial charge in [0, 0.05) is 25.9 Å². The number of hydrogen-bond donors (Lipinski definition) is 4. The second-order valence-electron chi connectivity index (χ2n) is 19.5. The molecule has 2 saturated heterocycles. The van der Waals surface area contributed by atoms with Crippen molar-refractivity contribution in [2.45, 2.75) is 97.3 Å². The number of likely N-dealkylation sites (tertiary alicyclic amines) is 1. The van der Waals surface area contributed by atoms with Crippen LogP contribution in [0.5, 0.6) is 5.75 Å². The molecule has 2 aliphatic rings. The fraction of sp³-hybridized carbons (Fsp3) is 0.358. The van der Waals surface area contributed by atoms with Gasteiger partial charge in [-0.2, -0.15) is 18.4 Å². The molecule has 4 aromatic carbocycles. The lowest BCUT2D eigenvalue weighted by atomic mass is 9.85. The molecule has 0 bridgehead atoms. The molecule has 2 aliphatic heterocycles. The van der Waals surface area contributed by atoms with Crippen molar-refractivity contribution in [3.63, 3.8) is 0 Å². The SMILES string of the molecule is Cc1ncsc1-c1ccc(CNC(=O)[C@@H]2C[C@@H](O)CN2C(=O)[C@@H](NC(=O)CNC(=O)CCCOc2ccc(-c3ccc(N4C(=S)N(c5ccc(C#N)c(C(F)(F)F)c5)C(=O)C4(C)C)c(F)c3)cc2)C(C)(C)C)cc1. The third kappa shape index (κ3) is 12.0. The maximum atomic E-state index is 15.9. The van der Waals surface area contributed by atoms with Crippen molar-refractivity contribution in [3.05, 3.63) is 119 Å². The number of aromatic nitrogens is 1. The molecule has 0 radical (unpaired) electrons. The second kappa shape index (κ2) is 22.1. The molecule has 5 amide bonds. The Labute approximate surface area is 434 Å². The average Bonchev–Trinajstić information content (AvgIpc) is 4.02. The number of nitriles is 1. The zero-order valence-corrected chi connectivity index (χ0v) is 42.9. The van der Waals surface area contributed by atoms with Crippen LogP contribution in [0.25, 0.3) is 21.6 Å². The number of alkyl halides is 3. The minimum absolute atomic E-state index is 0.0136. The van der Waals surface area contributed by atoms with Gasteiger partial charge >= 0.3 is 6.18 Å². The van der Waals surface area contributed by atoms with Gasteiger partial charge in [-0.1, -0.05) is 63.2 Å². The number of anilines is 2. The van der Waals surface area contributed by atoms with E-state index in [1.54, 1.807) is 68.0 Å². The molecule has 388 valence electrons. The van der Waals surface area contributed by atoms with Crippen LogP contribution in [0.4, 0.5) is 28.9 Å². The van der Waals surface area contributed by atoms with Gasteiger partial charge in [0.2, 0.25) is 23.6 Å². The molecule has 0 unspecified atom stereocenters. The summed E-state index contributed by atoms with van der Waals surface area (Å²) in [5.41, 5.74) is 1.18. The van der Waals surface area contributed by atoms with E-state index >= 15 is 4.39 Å². The summed E-state index contributed by atoms with van der Waals surface area (Å²) in [6.07, 6.45) is -5.49. The van der Waals surface area contributed by atoms with E-state index in [0.29, 0.717) is 22.9 Å². The summed E-state index contributed by atoms with van der Waals surface area (Å²) in [6.45, 7) is 10.00. The number of ether oxygens (including phenoxy) is 1. The summed E-state index contributed by atoms with van der Waals surface area (Å²) >= 11 is 7.10. The number of thiazole rings is 1. The van der Waals surface area contributed by atoms with Crippen LogP contribution in [-0.2, 0) is 36.7 Å². The van der Waals surface area contributed by atoms with Gasteiger partial charge in [0.05, 0.1) is 63.9 Å². The van der Waals surface area contributed by atoms with E-state index in [4.69, 9.17) is 17.0 Å². The normalized spacial score (nSPS) is 17.0. The maximum Gasteiger partial charge on any atom is 0.417 e. The number of nitrogens with one attached hydrogen (secondary N) is 3. The lowest BCUT2D eigenvalue weighted by Crippen LogP contribution is -2.58. The predicted octanol–water partition coefficient (Wildman–Crippen LogP) is 7.82. The van der Waals surface area contributed by atoms with Gasteiger partial charge in [0.15, 0.2) is 5.11 Å². The lowest BCUT2D eigenvalue weighted by molar-refractivity contribution is -0.144. The molecule has 15 nitrogen and oxygen atoms in total. The summed E-state index contributed by atoms with van der Waals surface area (Å²) in [4.78, 5) is 75.8. The smallest absolute Gasteiger partial charge is 0.417 e. The Kier molecular flexibility index (Phi) is 16.2. The van der Waals surface area contributed by atoms with Crippen LogP contribution in [0.2, 0.25) is 0 Å². The highest BCUT2D eigenvalue weighted by Gasteiger charge is 2.51. The van der Waals surface area contributed by atoms with Gasteiger partial charge < -0.3 is 35.6 Å². The highest BCUT2D eigenvalue weighted by Crippen LogP contribution is 2.41. The monoisotopic (exact) mass is 1050 g/mol. The first-order valence-electron chi connectivity index (χ1n) is 23.5. The lowest BCUT2D eigenvalue weighted by Gasteiger charge is -2.35. The quantitative estimate of drug-likeness (QED) is 0.0427. The Morgan fingerprint density at radius 1 is 0.959 bits per heavy atom. The Morgan fingerprint density at radius 3 is 2.26 bits per heavy atom. The molecule has 4 N–H and O–H groups in total. The molecular weight excluding hydrogens is 1000 g/mol. The van der Waals surface area contributed by atoms with E-state index < -0.39 is 88.3 Å². The van der Waals surface area contributed by atoms with E-state index in [1.165, 1.54) is 47.9 Å². The van der Waals surface area contributed by atoms with Crippen molar-refractivity contribution in [2.75, 3.05) is 29.5 Å². The number of rotatable bonds is 16. The van der Waals surface area contributed by atoms with Gasteiger partial charge in [0.1, 0.15) is 29.2 Å². The molecule has 0 spiro atoms. The van der Waals surface area contributed by atoms with Crippen LogP contribution in [0.15, 0.2) is 90.4 Å². The van der Waals surface area contributed by atoms with Crippen molar-refractivity contribution in [1.82, 2.24) is 25.8 Å². The number of halogens is 4. The van der Waals surface area contributed by atoms with Crippen LogP contribution >= 0.6 is 23.6 Å². The van der Waals surface area contributed by atoms with E-state index in [-0.39, 0.29) is 55.4 Å². The Morgan fingerprint density at radius 2 is 1.64 bits per heavy atom. The first kappa shape index (κ1) is 54.5. The maximum absolute atomic E-state index is 15.9. The zero-order valence-electron chi connectivity index (χ0n) is 41.3. The standard InChI is InChI=1S/C53H54F4N8O7S2/c1-30-45(74-29-61-30)33-11-9-31(10-12-33)26-60-47(69)42-24-37(66)28-63(42)48(70)46(51(2,3)4)62-44(68)27-59-43(67)8-7-21-72-38-18-14-32(15-19-38)34-16-20-41(40(54)22-34)65-50(73)64(49(71)52(65,5)6)36-17-13-35(25-58)39(23-36)53(55,56)57/h9-20,22-23,29,37,42,46,66H,7-8,21,24,26-28H2,1-6H3,(H,59,67)(H,60,69)(H,62,68)/t37-,42+,46-/m1/s1.